The summed E-state index contributed by atoms with van der Waals surface area (Å²) in [4.78, 5) is 0. The fraction of sp³-hybridized carbons (Fsp3) is 0.417. The summed E-state index contributed by atoms with van der Waals surface area (Å²) < 4.78 is 28.3. The molecular weight excluding hydrogens is 304 g/mol. The molecule has 0 saturated carbocycles. The van der Waals surface area contributed by atoms with Crippen LogP contribution in [0.4, 0.5) is 0 Å². The molecule has 0 amide bonds. The average Bonchev–Trinajstić information content (AvgIpc) is 2.37. The zero-order chi connectivity index (χ0) is 15.2. The van der Waals surface area contributed by atoms with Crippen LogP contribution in [0.2, 0.25) is 5.02 Å². The van der Waals surface area contributed by atoms with Crippen molar-refractivity contribution in [2.45, 2.75) is 13.3 Å². The molecule has 6 nitrogen and oxygen atoms in total. The maximum atomic E-state index is 11.5. The van der Waals surface area contributed by atoms with Crippen LogP contribution in [0.3, 0.4) is 0 Å². The van der Waals surface area contributed by atoms with Gasteiger partial charge in [0.15, 0.2) is 15.7 Å². The lowest BCUT2D eigenvalue weighted by atomic mass is 10.2. The molecule has 0 fully saturated rings. The van der Waals surface area contributed by atoms with Crippen LogP contribution in [0.25, 0.3) is 0 Å². The smallest absolute Gasteiger partial charge is 0.171 e. The summed E-state index contributed by atoms with van der Waals surface area (Å²) in [5, 5.41) is 11.7. The third-order valence-corrected chi connectivity index (χ3v) is 4.63. The summed E-state index contributed by atoms with van der Waals surface area (Å²) in [7, 11) is -3.07. The fourth-order valence-electron chi connectivity index (χ4n) is 1.55. The molecule has 112 valence electrons. The molecule has 1 aromatic carbocycles. The van der Waals surface area contributed by atoms with Crippen molar-refractivity contribution in [3.8, 4) is 5.75 Å². The molecule has 0 unspecified atom stereocenters. The van der Waals surface area contributed by atoms with Crippen molar-refractivity contribution in [3.05, 3.63) is 28.8 Å². The monoisotopic (exact) mass is 320 g/mol. The topological polar surface area (TPSA) is 102 Å². The molecule has 0 aromatic heterocycles. The van der Waals surface area contributed by atoms with Crippen LogP contribution in [0.15, 0.2) is 23.4 Å². The minimum Gasteiger partial charge on any atom is -0.492 e. The van der Waals surface area contributed by atoms with E-state index in [-0.39, 0.29) is 29.0 Å². The van der Waals surface area contributed by atoms with Crippen molar-refractivity contribution in [1.29, 1.82) is 0 Å². The van der Waals surface area contributed by atoms with Crippen molar-refractivity contribution < 1.29 is 18.4 Å². The van der Waals surface area contributed by atoms with Crippen molar-refractivity contribution in [2.75, 3.05) is 18.1 Å². The van der Waals surface area contributed by atoms with E-state index in [1.165, 1.54) is 12.1 Å². The minimum absolute atomic E-state index is 0.0412. The second-order valence-electron chi connectivity index (χ2n) is 4.13. The van der Waals surface area contributed by atoms with Gasteiger partial charge in [0.05, 0.1) is 16.5 Å². The van der Waals surface area contributed by atoms with Gasteiger partial charge in [0.2, 0.25) is 0 Å². The number of nitrogens with zero attached hydrogens (tertiary/aromatic N) is 1. The van der Waals surface area contributed by atoms with E-state index in [0.717, 1.165) is 0 Å². The van der Waals surface area contributed by atoms with Gasteiger partial charge in [-0.25, -0.2) is 8.42 Å². The summed E-state index contributed by atoms with van der Waals surface area (Å²) in [6.07, 6.45) is 0.586. The lowest BCUT2D eigenvalue weighted by Crippen LogP contribution is -2.17. The second-order valence-corrected chi connectivity index (χ2v) is 6.84. The normalized spacial score (nSPS) is 12.4. The molecule has 1 aromatic rings. The molecule has 3 N–H and O–H groups in total. The first-order valence-corrected chi connectivity index (χ1v) is 8.20. The summed E-state index contributed by atoms with van der Waals surface area (Å²) in [6, 6.07) is 4.60. The molecule has 0 aliphatic rings. The lowest BCUT2D eigenvalue weighted by Gasteiger charge is -2.08. The van der Waals surface area contributed by atoms with Crippen molar-refractivity contribution >= 4 is 27.3 Å². The summed E-state index contributed by atoms with van der Waals surface area (Å²) in [5.41, 5.74) is 5.81. The standard InChI is InChI=1S/C12H17ClN2O4S/c1-2-6-20(17,18)7-5-19-9-3-4-10(11(13)8-9)12(14)15-16/h3-4,8,16H,2,5-7H2,1H3,(H2,14,15). The van der Waals surface area contributed by atoms with Gasteiger partial charge in [-0.2, -0.15) is 0 Å². The number of amidine groups is 1. The third kappa shape index (κ3) is 4.90. The van der Waals surface area contributed by atoms with E-state index in [9.17, 15) is 8.42 Å². The fourth-order valence-corrected chi connectivity index (χ4v) is 2.98. The molecule has 0 aliphatic carbocycles. The Morgan fingerprint density at radius 2 is 2.15 bits per heavy atom. The first-order valence-electron chi connectivity index (χ1n) is 6.00. The number of ether oxygens (including phenoxy) is 1. The molecule has 20 heavy (non-hydrogen) atoms. The van der Waals surface area contributed by atoms with Crippen LogP contribution < -0.4 is 10.5 Å². The molecular formula is C12H17ClN2O4S. The van der Waals surface area contributed by atoms with Gasteiger partial charge >= 0.3 is 0 Å². The summed E-state index contributed by atoms with van der Waals surface area (Å²) >= 11 is 5.95. The van der Waals surface area contributed by atoms with E-state index >= 15 is 0 Å². The van der Waals surface area contributed by atoms with Crippen LogP contribution in [-0.4, -0.2) is 37.6 Å². The largest absolute Gasteiger partial charge is 0.492 e. The Hall–Kier alpha value is -1.47. The Kier molecular flexibility index (Phi) is 6.09. The number of halogens is 1. The van der Waals surface area contributed by atoms with E-state index < -0.39 is 9.84 Å². The van der Waals surface area contributed by atoms with Crippen molar-refractivity contribution in [3.63, 3.8) is 0 Å². The second kappa shape index (κ2) is 7.35. The van der Waals surface area contributed by atoms with Gasteiger partial charge in [-0.1, -0.05) is 23.7 Å². The van der Waals surface area contributed by atoms with Gasteiger partial charge in [-0.3, -0.25) is 0 Å². The number of hydrogen-bond acceptors (Lipinski definition) is 5. The highest BCUT2D eigenvalue weighted by Gasteiger charge is 2.10. The Balaban J connectivity index is 2.65. The first kappa shape index (κ1) is 16.6. The summed E-state index contributed by atoms with van der Waals surface area (Å²) in [5.74, 6) is 0.434. The average molecular weight is 321 g/mol. The molecule has 0 spiro atoms. The van der Waals surface area contributed by atoms with E-state index in [1.54, 1.807) is 6.07 Å². The van der Waals surface area contributed by atoms with Crippen LogP contribution in [0.1, 0.15) is 18.9 Å². The zero-order valence-electron chi connectivity index (χ0n) is 11.0. The number of benzene rings is 1. The van der Waals surface area contributed by atoms with Gasteiger partial charge in [0.25, 0.3) is 0 Å². The summed E-state index contributed by atoms with van der Waals surface area (Å²) in [6.45, 7) is 1.87. The maximum absolute atomic E-state index is 11.5. The Bertz CT molecular complexity index is 587. The first-order chi connectivity index (χ1) is 9.39. The van der Waals surface area contributed by atoms with Crippen LogP contribution in [-0.2, 0) is 9.84 Å². The molecule has 0 heterocycles. The molecule has 0 bridgehead atoms. The number of rotatable bonds is 7. The Morgan fingerprint density at radius 1 is 1.45 bits per heavy atom. The van der Waals surface area contributed by atoms with Crippen LogP contribution in [0, 0.1) is 0 Å². The maximum Gasteiger partial charge on any atom is 0.171 e. The molecule has 0 aliphatic heterocycles. The van der Waals surface area contributed by atoms with Crippen LogP contribution in [0.5, 0.6) is 5.75 Å². The molecule has 0 saturated heterocycles. The van der Waals surface area contributed by atoms with E-state index in [1.807, 2.05) is 6.92 Å². The number of oxime groups is 1. The Labute approximate surface area is 123 Å². The highest BCUT2D eigenvalue weighted by molar-refractivity contribution is 7.91. The van der Waals surface area contributed by atoms with Crippen molar-refractivity contribution in [1.82, 2.24) is 0 Å². The number of hydrogen-bond donors (Lipinski definition) is 2. The molecule has 0 atom stereocenters. The minimum atomic E-state index is -3.07. The van der Waals surface area contributed by atoms with Gasteiger partial charge in [0.1, 0.15) is 12.4 Å². The number of sulfone groups is 1. The molecule has 1 rings (SSSR count). The predicted molar refractivity (Wildman–Crippen MR) is 78.4 cm³/mol. The molecule has 8 heteroatoms. The number of nitrogens with two attached hydrogens (primary N) is 1. The van der Waals surface area contributed by atoms with Crippen molar-refractivity contribution in [2.24, 2.45) is 10.9 Å². The SMILES string of the molecule is CCCS(=O)(=O)CCOc1ccc(/C(N)=N/O)c(Cl)c1. The van der Waals surface area contributed by atoms with E-state index in [0.29, 0.717) is 17.7 Å². The quantitative estimate of drug-likeness (QED) is 0.344. The lowest BCUT2D eigenvalue weighted by molar-refractivity contribution is 0.318. The van der Waals surface area contributed by atoms with E-state index in [4.69, 9.17) is 27.3 Å². The van der Waals surface area contributed by atoms with E-state index in [2.05, 4.69) is 5.16 Å². The van der Waals surface area contributed by atoms with Gasteiger partial charge in [-0.15, -0.1) is 0 Å². The van der Waals surface area contributed by atoms with Gasteiger partial charge in [-0.05, 0) is 24.6 Å². The van der Waals surface area contributed by atoms with Crippen LogP contribution >= 0.6 is 11.6 Å². The third-order valence-electron chi connectivity index (χ3n) is 2.50. The predicted octanol–water partition coefficient (Wildman–Crippen LogP) is 1.64. The zero-order valence-corrected chi connectivity index (χ0v) is 12.6. The van der Waals surface area contributed by atoms with Gasteiger partial charge in [0, 0.05) is 5.56 Å². The molecule has 0 radical (unpaired) electrons. The highest BCUT2D eigenvalue weighted by atomic mass is 35.5. The highest BCUT2D eigenvalue weighted by Crippen LogP contribution is 2.22. The Morgan fingerprint density at radius 3 is 2.70 bits per heavy atom. The van der Waals surface area contributed by atoms with Gasteiger partial charge < -0.3 is 15.7 Å².